The first-order valence-corrected chi connectivity index (χ1v) is 15.0. The van der Waals surface area contributed by atoms with Crippen molar-refractivity contribution in [3.8, 4) is 22.8 Å². The number of benzene rings is 4. The second-order valence-electron chi connectivity index (χ2n) is 8.86. The molecule has 0 fully saturated rings. The molecule has 0 saturated heterocycles. The van der Waals surface area contributed by atoms with E-state index in [1.807, 2.05) is 53.9 Å². The minimum absolute atomic E-state index is 0.224. The minimum Gasteiger partial charge on any atom is -0.493 e. The van der Waals surface area contributed by atoms with Gasteiger partial charge in [-0.3, -0.25) is 4.79 Å². The van der Waals surface area contributed by atoms with Crippen LogP contribution in [0, 0.1) is 0 Å². The minimum atomic E-state index is -0.340. The summed E-state index contributed by atoms with van der Waals surface area (Å²) in [4.78, 5) is 17.3. The third-order valence-electron chi connectivity index (χ3n) is 5.99. The summed E-state index contributed by atoms with van der Waals surface area (Å²) in [6.07, 6.45) is 1.52. The lowest BCUT2D eigenvalue weighted by Gasteiger charge is -2.14. The molecule has 5 aromatic rings. The number of methoxy groups -OCH3 is 1. The number of nitrogens with zero attached hydrogens (tertiary/aromatic N) is 2. The number of rotatable bonds is 10. The molecule has 0 spiro atoms. The van der Waals surface area contributed by atoms with Crippen molar-refractivity contribution in [2.45, 2.75) is 6.61 Å². The van der Waals surface area contributed by atoms with Gasteiger partial charge in [0.1, 0.15) is 6.61 Å². The number of halogens is 3. The van der Waals surface area contributed by atoms with E-state index in [2.05, 4.69) is 36.8 Å². The molecule has 1 heterocycles. The Morgan fingerprint density at radius 2 is 1.83 bits per heavy atom. The highest BCUT2D eigenvalue weighted by atomic mass is 79.9. The summed E-state index contributed by atoms with van der Waals surface area (Å²) in [5.74, 6) is 0.656. The maximum absolute atomic E-state index is 12.7. The van der Waals surface area contributed by atoms with Gasteiger partial charge < -0.3 is 14.8 Å². The zero-order valence-corrected chi connectivity index (χ0v) is 26.0. The van der Waals surface area contributed by atoms with Crippen LogP contribution in [-0.2, 0) is 6.61 Å². The van der Waals surface area contributed by atoms with Crippen LogP contribution < -0.4 is 20.2 Å². The molecule has 0 atom stereocenters. The Morgan fingerprint density at radius 1 is 1.05 bits per heavy atom. The van der Waals surface area contributed by atoms with Crippen molar-refractivity contribution < 1.29 is 14.3 Å². The highest BCUT2D eigenvalue weighted by molar-refractivity contribution is 9.10. The van der Waals surface area contributed by atoms with Crippen LogP contribution in [0.3, 0.4) is 0 Å². The fourth-order valence-corrected chi connectivity index (χ4v) is 5.65. The summed E-state index contributed by atoms with van der Waals surface area (Å²) in [6, 6.07) is 25.8. The molecule has 0 bridgehead atoms. The van der Waals surface area contributed by atoms with Crippen LogP contribution in [0.2, 0.25) is 10.0 Å². The Morgan fingerprint density at radius 3 is 2.57 bits per heavy atom. The van der Waals surface area contributed by atoms with E-state index in [-0.39, 0.29) is 12.5 Å². The Bertz CT molecular complexity index is 1730. The predicted molar refractivity (Wildman–Crippen MR) is 174 cm³/mol. The molecule has 0 aliphatic heterocycles. The van der Waals surface area contributed by atoms with E-state index in [1.165, 1.54) is 17.6 Å². The van der Waals surface area contributed by atoms with Crippen LogP contribution in [0.1, 0.15) is 21.5 Å². The van der Waals surface area contributed by atoms with Crippen LogP contribution in [0.5, 0.6) is 11.5 Å². The molecule has 0 unspecified atom stereocenters. The number of hydrazone groups is 1. The van der Waals surface area contributed by atoms with E-state index in [0.717, 1.165) is 27.6 Å². The molecule has 212 valence electrons. The second-order valence-corrected chi connectivity index (χ2v) is 11.4. The molecule has 5 rings (SSSR count). The Balaban J connectivity index is 1.19. The summed E-state index contributed by atoms with van der Waals surface area (Å²) in [5, 5.41) is 11.2. The maximum Gasteiger partial charge on any atom is 0.271 e. The van der Waals surface area contributed by atoms with Gasteiger partial charge in [0, 0.05) is 37.8 Å². The molecule has 0 saturated carbocycles. The molecule has 7 nitrogen and oxygen atoms in total. The van der Waals surface area contributed by atoms with Gasteiger partial charge in [0.15, 0.2) is 16.6 Å². The summed E-state index contributed by atoms with van der Waals surface area (Å²) in [7, 11) is 1.54. The first kappa shape index (κ1) is 29.6. The fourth-order valence-electron chi connectivity index (χ4n) is 3.87. The van der Waals surface area contributed by atoms with Gasteiger partial charge in [-0.25, -0.2) is 10.4 Å². The number of amides is 1. The molecule has 11 heteroatoms. The van der Waals surface area contributed by atoms with E-state index in [9.17, 15) is 4.79 Å². The highest BCUT2D eigenvalue weighted by Crippen LogP contribution is 2.37. The van der Waals surface area contributed by atoms with Crippen LogP contribution in [0.15, 0.2) is 99.9 Å². The van der Waals surface area contributed by atoms with Crippen molar-refractivity contribution >= 4 is 73.4 Å². The molecule has 0 aliphatic rings. The quantitative estimate of drug-likeness (QED) is 0.114. The van der Waals surface area contributed by atoms with E-state index in [4.69, 9.17) is 32.7 Å². The number of hydrogen-bond donors (Lipinski definition) is 2. The molecule has 0 aliphatic carbocycles. The monoisotopic (exact) mass is 680 g/mol. The zero-order valence-electron chi connectivity index (χ0n) is 22.1. The summed E-state index contributed by atoms with van der Waals surface area (Å²) in [5.41, 5.74) is 7.21. The van der Waals surface area contributed by atoms with E-state index < -0.39 is 0 Å². The lowest BCUT2D eigenvalue weighted by molar-refractivity contribution is 0.0955. The molecule has 1 amide bonds. The second kappa shape index (κ2) is 13.8. The predicted octanol–water partition coefficient (Wildman–Crippen LogP) is 8.97. The smallest absolute Gasteiger partial charge is 0.271 e. The van der Waals surface area contributed by atoms with Gasteiger partial charge in [0.25, 0.3) is 5.91 Å². The van der Waals surface area contributed by atoms with E-state index in [0.29, 0.717) is 37.1 Å². The lowest BCUT2D eigenvalue weighted by atomic mass is 10.1. The van der Waals surface area contributed by atoms with E-state index >= 15 is 0 Å². The average Bonchev–Trinajstić information content (AvgIpc) is 3.46. The Kier molecular flexibility index (Phi) is 9.76. The first-order chi connectivity index (χ1) is 20.4. The summed E-state index contributed by atoms with van der Waals surface area (Å²) < 4.78 is 12.1. The van der Waals surface area contributed by atoms with Crippen molar-refractivity contribution in [2.24, 2.45) is 5.10 Å². The van der Waals surface area contributed by atoms with Crippen molar-refractivity contribution in [2.75, 3.05) is 12.4 Å². The van der Waals surface area contributed by atoms with Crippen molar-refractivity contribution in [1.82, 2.24) is 10.4 Å². The fraction of sp³-hybridized carbons (Fsp3) is 0.0645. The van der Waals surface area contributed by atoms with Gasteiger partial charge in [0.05, 0.1) is 23.5 Å². The number of carbonyl (C=O) groups excluding carboxylic acids is 1. The number of ether oxygens (including phenoxy) is 2. The number of hydrogen-bond acceptors (Lipinski definition) is 7. The third kappa shape index (κ3) is 7.49. The molecule has 0 radical (unpaired) electrons. The van der Waals surface area contributed by atoms with Crippen molar-refractivity contribution in [3.05, 3.63) is 122 Å². The molecule has 1 aromatic heterocycles. The number of anilines is 2. The molecule has 4 aromatic carbocycles. The van der Waals surface area contributed by atoms with Crippen molar-refractivity contribution in [1.29, 1.82) is 0 Å². The first-order valence-electron chi connectivity index (χ1n) is 12.6. The Hall–Kier alpha value is -3.89. The molecule has 2 N–H and O–H groups in total. The van der Waals surface area contributed by atoms with Crippen LogP contribution in [-0.4, -0.2) is 24.2 Å². The van der Waals surface area contributed by atoms with Crippen LogP contribution >= 0.6 is 50.5 Å². The maximum atomic E-state index is 12.7. The number of aromatic nitrogens is 1. The highest BCUT2D eigenvalue weighted by Gasteiger charge is 2.13. The van der Waals surface area contributed by atoms with E-state index in [1.54, 1.807) is 43.5 Å². The average molecular weight is 682 g/mol. The molecule has 42 heavy (non-hydrogen) atoms. The van der Waals surface area contributed by atoms with Gasteiger partial charge in [0.2, 0.25) is 0 Å². The lowest BCUT2D eigenvalue weighted by Crippen LogP contribution is -2.17. The van der Waals surface area contributed by atoms with Gasteiger partial charge in [-0.15, -0.1) is 11.3 Å². The summed E-state index contributed by atoms with van der Waals surface area (Å²) in [6.45, 7) is 0.224. The SMILES string of the molecule is COc1cc(/C=N\NC(=O)c2ccc(-c3csc(Nc4ccccc4)n3)cc2)cc(Br)c1OCc1ccc(Cl)cc1Cl. The summed E-state index contributed by atoms with van der Waals surface area (Å²) >= 11 is 17.3. The Labute approximate surface area is 265 Å². The largest absolute Gasteiger partial charge is 0.493 e. The van der Waals surface area contributed by atoms with Crippen molar-refractivity contribution in [3.63, 3.8) is 0 Å². The van der Waals surface area contributed by atoms with Gasteiger partial charge in [-0.1, -0.05) is 59.6 Å². The van der Waals surface area contributed by atoms with Crippen LogP contribution in [0.4, 0.5) is 10.8 Å². The normalized spacial score (nSPS) is 11.0. The number of thiazole rings is 1. The number of nitrogens with one attached hydrogen (secondary N) is 2. The number of para-hydroxylation sites is 1. The topological polar surface area (TPSA) is 84.8 Å². The van der Waals surface area contributed by atoms with Gasteiger partial charge in [-0.2, -0.15) is 5.10 Å². The van der Waals surface area contributed by atoms with Crippen LogP contribution in [0.25, 0.3) is 11.3 Å². The van der Waals surface area contributed by atoms with Gasteiger partial charge in [-0.05, 0) is 70.0 Å². The molecular formula is C31H23BrCl2N4O3S. The standard InChI is InChI=1S/C31H23BrCl2N4O3S/c1-40-28-14-19(13-25(32)29(28)41-17-22-11-12-23(33)15-26(22)34)16-35-38-30(39)21-9-7-20(8-10-21)27-18-42-31(37-27)36-24-5-3-2-4-6-24/h2-16,18H,17H2,1H3,(H,36,37)(H,38,39)/b35-16-. The zero-order chi connectivity index (χ0) is 29.5. The number of carbonyl (C=O) groups is 1. The van der Waals surface area contributed by atoms with Gasteiger partial charge >= 0.3 is 0 Å². The third-order valence-corrected chi connectivity index (χ3v) is 7.92. The molecular weight excluding hydrogens is 659 g/mol.